The van der Waals surface area contributed by atoms with E-state index in [4.69, 9.17) is 9.72 Å². The fourth-order valence-corrected chi connectivity index (χ4v) is 3.65. The first kappa shape index (κ1) is 17.5. The molecule has 1 unspecified atom stereocenters. The Morgan fingerprint density at radius 1 is 1.19 bits per heavy atom. The van der Waals surface area contributed by atoms with Crippen molar-refractivity contribution in [3.63, 3.8) is 0 Å². The quantitative estimate of drug-likeness (QED) is 0.660. The van der Waals surface area contributed by atoms with Crippen LogP contribution >= 0.6 is 0 Å². The lowest BCUT2D eigenvalue weighted by Crippen LogP contribution is -2.34. The van der Waals surface area contributed by atoms with Gasteiger partial charge in [0.25, 0.3) is 5.56 Å². The van der Waals surface area contributed by atoms with Crippen LogP contribution < -0.4 is 5.56 Å². The van der Waals surface area contributed by atoms with Gasteiger partial charge in [0.05, 0.1) is 17.5 Å². The Bertz CT molecular complexity index is 1120. The highest BCUT2D eigenvalue weighted by atomic mass is 16.5. The van der Waals surface area contributed by atoms with Crippen LogP contribution in [-0.4, -0.2) is 23.3 Å². The summed E-state index contributed by atoms with van der Waals surface area (Å²) in [5.74, 6) is 7.61. The molecule has 0 bridgehead atoms. The predicted octanol–water partition coefficient (Wildman–Crippen LogP) is 3.31. The van der Waals surface area contributed by atoms with Gasteiger partial charge in [0.2, 0.25) is 0 Å². The monoisotopic (exact) mass is 358 g/mol. The van der Waals surface area contributed by atoms with Crippen molar-refractivity contribution in [2.24, 2.45) is 5.92 Å². The smallest absolute Gasteiger partial charge is 0.261 e. The molecule has 2 heterocycles. The van der Waals surface area contributed by atoms with Gasteiger partial charge >= 0.3 is 0 Å². The van der Waals surface area contributed by atoms with E-state index in [1.807, 2.05) is 34.9 Å². The maximum absolute atomic E-state index is 12.9. The summed E-state index contributed by atoms with van der Waals surface area (Å²) in [5, 5.41) is 0.651. The Balaban J connectivity index is 1.70. The second-order valence-electron chi connectivity index (χ2n) is 7.16. The summed E-state index contributed by atoms with van der Waals surface area (Å²) in [6, 6.07) is 13.8. The standard InChI is InChI=1S/C23H22N2O2/c1-16-4-3-5-17(12-16)6-7-18-8-10-20-21(13-18)24-22-11-9-19(15-27-2)14-25(22)23(20)26/h3-5,8,10,12-13,19H,9,11,14-15H2,1-2H3. The molecule has 4 heteroatoms. The Morgan fingerprint density at radius 3 is 2.78 bits per heavy atom. The van der Waals surface area contributed by atoms with Crippen LogP contribution in [0.5, 0.6) is 0 Å². The van der Waals surface area contributed by atoms with Crippen LogP contribution in [0.2, 0.25) is 0 Å². The number of hydrogen-bond donors (Lipinski definition) is 0. The lowest BCUT2D eigenvalue weighted by molar-refractivity contribution is 0.130. The Labute approximate surface area is 158 Å². The van der Waals surface area contributed by atoms with Gasteiger partial charge in [-0.15, -0.1) is 0 Å². The van der Waals surface area contributed by atoms with Gasteiger partial charge in [0.15, 0.2) is 0 Å². The zero-order valence-corrected chi connectivity index (χ0v) is 15.7. The lowest BCUT2D eigenvalue weighted by Gasteiger charge is -2.25. The van der Waals surface area contributed by atoms with Crippen LogP contribution in [0.15, 0.2) is 47.3 Å². The van der Waals surface area contributed by atoms with Crippen molar-refractivity contribution in [1.29, 1.82) is 0 Å². The van der Waals surface area contributed by atoms with Crippen LogP contribution in [-0.2, 0) is 17.7 Å². The molecule has 0 spiro atoms. The molecule has 136 valence electrons. The van der Waals surface area contributed by atoms with Gasteiger partial charge in [-0.25, -0.2) is 4.98 Å². The van der Waals surface area contributed by atoms with Gasteiger partial charge < -0.3 is 4.74 Å². The van der Waals surface area contributed by atoms with E-state index in [-0.39, 0.29) is 5.56 Å². The van der Waals surface area contributed by atoms with Crippen molar-refractivity contribution in [2.45, 2.75) is 26.3 Å². The second-order valence-corrected chi connectivity index (χ2v) is 7.16. The van der Waals surface area contributed by atoms with E-state index in [0.29, 0.717) is 24.5 Å². The maximum Gasteiger partial charge on any atom is 0.261 e. The summed E-state index contributed by atoms with van der Waals surface area (Å²) in [4.78, 5) is 17.7. The largest absolute Gasteiger partial charge is 0.384 e. The molecule has 27 heavy (non-hydrogen) atoms. The van der Waals surface area contributed by atoms with Crippen molar-refractivity contribution in [2.75, 3.05) is 13.7 Å². The molecule has 0 amide bonds. The zero-order valence-electron chi connectivity index (χ0n) is 15.7. The molecule has 0 fully saturated rings. The minimum atomic E-state index is 0.0361. The van der Waals surface area contributed by atoms with Crippen LogP contribution in [0.4, 0.5) is 0 Å². The molecule has 0 saturated carbocycles. The van der Waals surface area contributed by atoms with Crippen LogP contribution in [0.25, 0.3) is 10.9 Å². The molecule has 2 aromatic carbocycles. The van der Waals surface area contributed by atoms with Gasteiger partial charge in [-0.3, -0.25) is 9.36 Å². The highest BCUT2D eigenvalue weighted by molar-refractivity contribution is 5.79. The number of aromatic nitrogens is 2. The van der Waals surface area contributed by atoms with Gasteiger partial charge in [0, 0.05) is 37.1 Å². The first-order valence-electron chi connectivity index (χ1n) is 9.25. The molecule has 0 radical (unpaired) electrons. The Morgan fingerprint density at radius 2 is 2.00 bits per heavy atom. The number of rotatable bonds is 2. The molecular formula is C23H22N2O2. The first-order chi connectivity index (χ1) is 13.1. The highest BCUT2D eigenvalue weighted by Crippen LogP contribution is 2.20. The van der Waals surface area contributed by atoms with Crippen LogP contribution in [0.3, 0.4) is 0 Å². The number of methoxy groups -OCH3 is 1. The third-order valence-electron chi connectivity index (χ3n) is 5.02. The number of fused-ring (bicyclic) bond motifs is 2. The minimum absolute atomic E-state index is 0.0361. The van der Waals surface area contributed by atoms with E-state index >= 15 is 0 Å². The molecule has 0 N–H and O–H groups in total. The van der Waals surface area contributed by atoms with Crippen molar-refractivity contribution in [1.82, 2.24) is 9.55 Å². The van der Waals surface area contributed by atoms with Crippen LogP contribution in [0.1, 0.15) is 28.9 Å². The van der Waals surface area contributed by atoms with Gasteiger partial charge in [-0.2, -0.15) is 0 Å². The summed E-state index contributed by atoms with van der Waals surface area (Å²) in [6.45, 7) is 3.41. The van der Waals surface area contributed by atoms with E-state index in [0.717, 1.165) is 35.3 Å². The second kappa shape index (κ2) is 7.38. The van der Waals surface area contributed by atoms with E-state index in [9.17, 15) is 4.79 Å². The normalized spacial score (nSPS) is 15.9. The van der Waals surface area contributed by atoms with E-state index in [2.05, 4.69) is 30.9 Å². The van der Waals surface area contributed by atoms with Crippen molar-refractivity contribution < 1.29 is 4.74 Å². The summed E-state index contributed by atoms with van der Waals surface area (Å²) < 4.78 is 7.07. The third-order valence-corrected chi connectivity index (χ3v) is 5.02. The highest BCUT2D eigenvalue weighted by Gasteiger charge is 2.21. The van der Waals surface area contributed by atoms with Crippen molar-refractivity contribution in [3.8, 4) is 11.8 Å². The SMILES string of the molecule is COCC1CCc2nc3cc(C#Cc4cccc(C)c4)ccc3c(=O)n2C1. The van der Waals surface area contributed by atoms with Crippen molar-refractivity contribution >= 4 is 10.9 Å². The first-order valence-corrected chi connectivity index (χ1v) is 9.25. The summed E-state index contributed by atoms with van der Waals surface area (Å²) in [5.41, 5.74) is 3.81. The maximum atomic E-state index is 12.9. The number of nitrogens with zero attached hydrogens (tertiary/aromatic N) is 2. The van der Waals surface area contributed by atoms with Crippen molar-refractivity contribution in [3.05, 3.63) is 75.3 Å². The average Bonchev–Trinajstić information content (AvgIpc) is 2.67. The van der Waals surface area contributed by atoms with Gasteiger partial charge in [-0.1, -0.05) is 24.0 Å². The summed E-state index contributed by atoms with van der Waals surface area (Å²) in [6.07, 6.45) is 1.80. The topological polar surface area (TPSA) is 44.1 Å². The zero-order chi connectivity index (χ0) is 18.8. The number of aryl methyl sites for hydroxylation is 2. The number of hydrogen-bond acceptors (Lipinski definition) is 3. The van der Waals surface area contributed by atoms with E-state index < -0.39 is 0 Å². The number of benzene rings is 2. The third kappa shape index (κ3) is 3.65. The summed E-state index contributed by atoms with van der Waals surface area (Å²) >= 11 is 0. The Hall–Kier alpha value is -2.90. The van der Waals surface area contributed by atoms with Crippen LogP contribution in [0, 0.1) is 24.7 Å². The minimum Gasteiger partial charge on any atom is -0.384 e. The fourth-order valence-electron chi connectivity index (χ4n) is 3.65. The molecule has 4 nitrogen and oxygen atoms in total. The fraction of sp³-hybridized carbons (Fsp3) is 0.304. The van der Waals surface area contributed by atoms with Gasteiger partial charge in [0.1, 0.15) is 5.82 Å². The molecule has 0 aliphatic carbocycles. The molecule has 1 aromatic heterocycles. The molecule has 1 aliphatic rings. The predicted molar refractivity (Wildman–Crippen MR) is 107 cm³/mol. The average molecular weight is 358 g/mol. The van der Waals surface area contributed by atoms with Gasteiger partial charge in [-0.05, 0) is 49.2 Å². The van der Waals surface area contributed by atoms with E-state index in [1.165, 1.54) is 5.56 Å². The molecule has 1 atom stereocenters. The molecular weight excluding hydrogens is 336 g/mol. The molecule has 4 rings (SSSR count). The Kier molecular flexibility index (Phi) is 4.79. The lowest BCUT2D eigenvalue weighted by atomic mass is 9.99. The summed E-state index contributed by atoms with van der Waals surface area (Å²) in [7, 11) is 1.70. The molecule has 1 aliphatic heterocycles. The van der Waals surface area contributed by atoms with E-state index in [1.54, 1.807) is 7.11 Å². The number of ether oxygens (including phenoxy) is 1. The molecule has 3 aromatic rings. The molecule has 0 saturated heterocycles.